The molecule has 0 saturated carbocycles. The monoisotopic (exact) mass is 134 g/mol. The largest absolute Gasteiger partial charge is 0.470 e. The van der Waals surface area contributed by atoms with Crippen LogP contribution in [0.5, 0.6) is 0 Å². The Morgan fingerprint density at radius 2 is 2.50 bits per heavy atom. The van der Waals surface area contributed by atoms with Crippen LogP contribution in [0.3, 0.4) is 0 Å². The highest BCUT2D eigenvalue weighted by Crippen LogP contribution is 1.81. The molecule has 1 aromatic rings. The third-order valence-electron chi connectivity index (χ3n) is 1.32. The number of ether oxygens (including phenoxy) is 1. The maximum absolute atomic E-state index is 4.97. The van der Waals surface area contributed by atoms with Gasteiger partial charge in [-0.25, -0.2) is 0 Å². The molecule has 0 fully saturated rings. The van der Waals surface area contributed by atoms with Crippen LogP contribution in [-0.4, -0.2) is 10.2 Å². The number of nitrogens with zero attached hydrogens (tertiary/aromatic N) is 1. The number of fused-ring (bicyclic) bond motifs is 1. The second kappa shape index (κ2) is 2.02. The van der Waals surface area contributed by atoms with Crippen molar-refractivity contribution in [3.63, 3.8) is 0 Å². The van der Waals surface area contributed by atoms with Crippen molar-refractivity contribution in [1.82, 2.24) is 10.2 Å². The summed E-state index contributed by atoms with van der Waals surface area (Å²) in [6.45, 7) is 0. The van der Waals surface area contributed by atoms with Crippen LogP contribution in [0.1, 0.15) is 0 Å². The summed E-state index contributed by atoms with van der Waals surface area (Å²) in [5.74, 6) is 0. The highest BCUT2D eigenvalue weighted by molar-refractivity contribution is 5.37. The van der Waals surface area contributed by atoms with Crippen molar-refractivity contribution < 1.29 is 4.74 Å². The van der Waals surface area contributed by atoms with E-state index in [1.54, 1.807) is 18.7 Å². The van der Waals surface area contributed by atoms with E-state index in [2.05, 4.69) is 10.2 Å². The molecule has 0 aliphatic carbocycles. The third kappa shape index (κ3) is 0.719. The minimum Gasteiger partial charge on any atom is -0.470 e. The summed E-state index contributed by atoms with van der Waals surface area (Å²) >= 11 is 0. The lowest BCUT2D eigenvalue weighted by Crippen LogP contribution is -2.21. The van der Waals surface area contributed by atoms with Crippen molar-refractivity contribution in [2.75, 3.05) is 0 Å². The van der Waals surface area contributed by atoms with Gasteiger partial charge in [0.1, 0.15) is 11.6 Å². The van der Waals surface area contributed by atoms with Gasteiger partial charge in [0.15, 0.2) is 0 Å². The molecule has 0 unspecified atom stereocenters. The number of rotatable bonds is 0. The molecule has 1 aliphatic heterocycles. The highest BCUT2D eigenvalue weighted by Gasteiger charge is 1.87. The Balaban J connectivity index is 2.82. The van der Waals surface area contributed by atoms with E-state index in [-0.39, 0.29) is 0 Å². The summed E-state index contributed by atoms with van der Waals surface area (Å²) in [7, 11) is 0. The first kappa shape index (κ1) is 5.29. The number of hydrogen-bond donors (Lipinski definition) is 1. The zero-order chi connectivity index (χ0) is 6.81. The Labute approximate surface area is 57.3 Å². The Hall–Kier alpha value is -1.51. The average Bonchev–Trinajstić information content (AvgIpc) is 2.28. The molecule has 0 spiro atoms. The lowest BCUT2D eigenvalue weighted by atomic mass is 10.4. The first-order valence-electron chi connectivity index (χ1n) is 2.99. The van der Waals surface area contributed by atoms with Crippen molar-refractivity contribution in [3.8, 4) is 0 Å². The average molecular weight is 134 g/mol. The molecule has 1 N–H and O–H groups in total. The van der Waals surface area contributed by atoms with Crippen molar-refractivity contribution in [1.29, 1.82) is 0 Å². The summed E-state index contributed by atoms with van der Waals surface area (Å²) in [6.07, 6.45) is 8.77. The minimum absolute atomic E-state index is 0.907. The molecule has 0 bridgehead atoms. The molecule has 3 heteroatoms. The van der Waals surface area contributed by atoms with Crippen LogP contribution in [0, 0.1) is 0 Å². The van der Waals surface area contributed by atoms with Gasteiger partial charge in [-0.3, -0.25) is 5.10 Å². The summed E-state index contributed by atoms with van der Waals surface area (Å²) in [5, 5.41) is 8.60. The van der Waals surface area contributed by atoms with E-state index >= 15 is 0 Å². The smallest absolute Gasteiger partial charge is 0.116 e. The molecular weight excluding hydrogens is 128 g/mol. The summed E-state index contributed by atoms with van der Waals surface area (Å²) in [5.41, 5.74) is 0. The van der Waals surface area contributed by atoms with E-state index in [9.17, 15) is 0 Å². The minimum atomic E-state index is 0.907. The van der Waals surface area contributed by atoms with E-state index in [1.165, 1.54) is 0 Å². The van der Waals surface area contributed by atoms with Crippen molar-refractivity contribution in [2.45, 2.75) is 0 Å². The van der Waals surface area contributed by atoms with Crippen LogP contribution in [0.4, 0.5) is 0 Å². The topological polar surface area (TPSA) is 37.9 Å². The van der Waals surface area contributed by atoms with Gasteiger partial charge in [-0.1, -0.05) is 0 Å². The number of H-pyrrole nitrogens is 1. The van der Waals surface area contributed by atoms with Crippen LogP contribution in [-0.2, 0) is 4.74 Å². The molecule has 0 amide bonds. The Bertz CT molecular complexity index is 361. The van der Waals surface area contributed by atoms with Crippen LogP contribution in [0.25, 0.3) is 12.3 Å². The Morgan fingerprint density at radius 1 is 1.50 bits per heavy atom. The Kier molecular flexibility index (Phi) is 1.07. The molecular formula is C7H6N2O. The Morgan fingerprint density at radius 3 is 3.50 bits per heavy atom. The molecule has 1 aliphatic rings. The molecule has 0 saturated heterocycles. The first-order valence-corrected chi connectivity index (χ1v) is 2.99. The second-order valence-corrected chi connectivity index (χ2v) is 1.99. The number of nitrogens with one attached hydrogen (secondary N) is 1. The van der Waals surface area contributed by atoms with Gasteiger partial charge in [0.25, 0.3) is 0 Å². The molecule has 0 radical (unpaired) electrons. The molecule has 2 rings (SSSR count). The van der Waals surface area contributed by atoms with E-state index in [0.717, 1.165) is 10.6 Å². The molecule has 3 nitrogen and oxygen atoms in total. The van der Waals surface area contributed by atoms with Crippen LogP contribution in [0.15, 0.2) is 18.5 Å². The quantitative estimate of drug-likeness (QED) is 0.518. The lowest BCUT2D eigenvalue weighted by Gasteiger charge is -1.81. The van der Waals surface area contributed by atoms with Crippen LogP contribution >= 0.6 is 0 Å². The van der Waals surface area contributed by atoms with Crippen molar-refractivity contribution >= 4 is 12.3 Å². The number of aromatic amines is 1. The van der Waals surface area contributed by atoms with E-state index in [0.29, 0.717) is 0 Å². The predicted octanol–water partition coefficient (Wildman–Crippen LogP) is -0.528. The van der Waals surface area contributed by atoms with Crippen LogP contribution < -0.4 is 10.6 Å². The molecule has 50 valence electrons. The maximum Gasteiger partial charge on any atom is 0.116 e. The predicted molar refractivity (Wildman–Crippen MR) is 37.0 cm³/mol. The number of aromatic nitrogens is 2. The van der Waals surface area contributed by atoms with Gasteiger partial charge in [-0.15, -0.1) is 0 Å². The zero-order valence-corrected chi connectivity index (χ0v) is 5.24. The SMILES string of the molecule is C1=COC=c2[nH]ncc2=C1. The standard InChI is InChI=1S/C7H6N2O/c1-2-6-4-8-9-7(6)5-10-3-1/h1-5,9H. The molecule has 10 heavy (non-hydrogen) atoms. The van der Waals surface area contributed by atoms with E-state index in [1.807, 2.05) is 12.2 Å². The molecule has 1 aromatic heterocycles. The van der Waals surface area contributed by atoms with Gasteiger partial charge in [0.2, 0.25) is 0 Å². The zero-order valence-electron chi connectivity index (χ0n) is 5.24. The molecule has 0 aromatic carbocycles. The van der Waals surface area contributed by atoms with Crippen molar-refractivity contribution in [3.05, 3.63) is 29.1 Å². The summed E-state index contributed by atoms with van der Waals surface area (Å²) < 4.78 is 4.97. The van der Waals surface area contributed by atoms with Gasteiger partial charge >= 0.3 is 0 Å². The van der Waals surface area contributed by atoms with Crippen molar-refractivity contribution in [2.24, 2.45) is 0 Å². The third-order valence-corrected chi connectivity index (χ3v) is 1.32. The summed E-state index contributed by atoms with van der Waals surface area (Å²) in [6, 6.07) is 0. The summed E-state index contributed by atoms with van der Waals surface area (Å²) in [4.78, 5) is 0. The normalized spacial score (nSPS) is 14.0. The first-order chi connectivity index (χ1) is 4.97. The van der Waals surface area contributed by atoms with Gasteiger partial charge in [0.05, 0.1) is 12.5 Å². The van der Waals surface area contributed by atoms with E-state index < -0.39 is 0 Å². The molecule has 0 atom stereocenters. The maximum atomic E-state index is 4.97. The number of allylic oxidation sites excluding steroid dienone is 1. The van der Waals surface area contributed by atoms with Crippen LogP contribution in [0.2, 0.25) is 0 Å². The van der Waals surface area contributed by atoms with Gasteiger partial charge in [-0.05, 0) is 12.2 Å². The fourth-order valence-corrected chi connectivity index (χ4v) is 0.828. The fourth-order valence-electron chi connectivity index (χ4n) is 0.828. The number of hydrogen-bond acceptors (Lipinski definition) is 2. The van der Waals surface area contributed by atoms with Gasteiger partial charge in [0, 0.05) is 5.22 Å². The fraction of sp³-hybridized carbons (Fsp3) is 0. The van der Waals surface area contributed by atoms with Gasteiger partial charge in [-0.2, -0.15) is 5.10 Å². The van der Waals surface area contributed by atoms with E-state index in [4.69, 9.17) is 4.74 Å². The van der Waals surface area contributed by atoms with Gasteiger partial charge < -0.3 is 4.74 Å². The highest BCUT2D eigenvalue weighted by atomic mass is 16.5. The second-order valence-electron chi connectivity index (χ2n) is 1.99. The lowest BCUT2D eigenvalue weighted by molar-refractivity contribution is 0.460. The molecule has 2 heterocycles.